The molecule has 178 valence electrons. The molecule has 0 radical (unpaired) electrons. The molecule has 1 fully saturated rings. The molecule has 7 nitrogen and oxygen atoms in total. The molecule has 3 rings (SSSR count). The van der Waals surface area contributed by atoms with Gasteiger partial charge in [-0.25, -0.2) is 8.78 Å². The van der Waals surface area contributed by atoms with Crippen molar-refractivity contribution in [2.75, 3.05) is 13.6 Å². The molecule has 9 heteroatoms. The molecule has 34 heavy (non-hydrogen) atoms. The first kappa shape index (κ1) is 24.8. The van der Waals surface area contributed by atoms with E-state index in [1.54, 1.807) is 31.3 Å². The molecule has 2 aromatic rings. The molecule has 0 aromatic heterocycles. The van der Waals surface area contributed by atoms with Crippen LogP contribution < -0.4 is 10.6 Å². The normalized spacial score (nSPS) is 18.8. The predicted molar refractivity (Wildman–Crippen MR) is 120 cm³/mol. The lowest BCUT2D eigenvalue weighted by Crippen LogP contribution is -2.44. The van der Waals surface area contributed by atoms with Crippen LogP contribution in [-0.2, 0) is 16.1 Å². The van der Waals surface area contributed by atoms with Gasteiger partial charge in [-0.15, -0.1) is 0 Å². The van der Waals surface area contributed by atoms with E-state index in [1.807, 2.05) is 6.07 Å². The van der Waals surface area contributed by atoms with Gasteiger partial charge in [-0.05, 0) is 54.8 Å². The Morgan fingerprint density at radius 3 is 2.44 bits per heavy atom. The zero-order valence-electron chi connectivity index (χ0n) is 18.8. The molecular formula is C25H26F2N4O3. The Morgan fingerprint density at radius 1 is 1.12 bits per heavy atom. The van der Waals surface area contributed by atoms with Crippen LogP contribution in [0.4, 0.5) is 8.78 Å². The minimum atomic E-state index is -0.724. The van der Waals surface area contributed by atoms with Gasteiger partial charge in [0.1, 0.15) is 11.6 Å². The fraction of sp³-hybridized carbons (Fsp3) is 0.360. The summed E-state index contributed by atoms with van der Waals surface area (Å²) in [5, 5.41) is 14.5. The molecule has 2 unspecified atom stereocenters. The van der Waals surface area contributed by atoms with Gasteiger partial charge in [0.05, 0.1) is 11.6 Å². The van der Waals surface area contributed by atoms with Gasteiger partial charge in [0.25, 0.3) is 5.91 Å². The van der Waals surface area contributed by atoms with Gasteiger partial charge >= 0.3 is 0 Å². The largest absolute Gasteiger partial charge is 0.352 e. The van der Waals surface area contributed by atoms with E-state index in [2.05, 4.69) is 10.6 Å². The Hall–Kier alpha value is -3.80. The highest BCUT2D eigenvalue weighted by Gasteiger charge is 2.27. The number of nitriles is 1. The third kappa shape index (κ3) is 6.85. The summed E-state index contributed by atoms with van der Waals surface area (Å²) in [6.45, 7) is 0.259. The summed E-state index contributed by atoms with van der Waals surface area (Å²) in [5.74, 6) is -2.91. The minimum Gasteiger partial charge on any atom is -0.352 e. The van der Waals surface area contributed by atoms with Crippen molar-refractivity contribution in [2.45, 2.75) is 38.3 Å². The molecule has 1 aliphatic rings. The quantitative estimate of drug-likeness (QED) is 0.704. The summed E-state index contributed by atoms with van der Waals surface area (Å²) in [7, 11) is 1.62. The molecule has 0 bridgehead atoms. The number of nitrogens with one attached hydrogen (secondary N) is 2. The van der Waals surface area contributed by atoms with Crippen molar-refractivity contribution in [1.82, 2.24) is 15.5 Å². The lowest BCUT2D eigenvalue weighted by atomic mass is 9.96. The zero-order chi connectivity index (χ0) is 24.7. The maximum absolute atomic E-state index is 13.4. The van der Waals surface area contributed by atoms with E-state index in [0.29, 0.717) is 42.5 Å². The highest BCUT2D eigenvalue weighted by molar-refractivity contribution is 5.94. The molecule has 0 aliphatic carbocycles. The molecular weight excluding hydrogens is 442 g/mol. The second kappa shape index (κ2) is 11.4. The van der Waals surface area contributed by atoms with E-state index in [1.165, 1.54) is 4.90 Å². The number of benzene rings is 2. The van der Waals surface area contributed by atoms with Crippen molar-refractivity contribution in [3.05, 3.63) is 70.8 Å². The van der Waals surface area contributed by atoms with Crippen LogP contribution in [0.1, 0.15) is 47.2 Å². The minimum absolute atomic E-state index is 0.0101. The summed E-state index contributed by atoms with van der Waals surface area (Å²) < 4.78 is 26.7. The van der Waals surface area contributed by atoms with Crippen LogP contribution in [0.2, 0.25) is 0 Å². The average Bonchev–Trinajstić information content (AvgIpc) is 2.86. The van der Waals surface area contributed by atoms with Crippen LogP contribution in [0.15, 0.2) is 42.5 Å². The van der Waals surface area contributed by atoms with Gasteiger partial charge in [0, 0.05) is 50.1 Å². The molecule has 1 heterocycles. The Morgan fingerprint density at radius 2 is 1.79 bits per heavy atom. The van der Waals surface area contributed by atoms with Crippen molar-refractivity contribution in [3.8, 4) is 6.07 Å². The van der Waals surface area contributed by atoms with Crippen LogP contribution in [0, 0.1) is 28.9 Å². The first-order valence-electron chi connectivity index (χ1n) is 11.0. The van der Waals surface area contributed by atoms with Crippen molar-refractivity contribution >= 4 is 17.7 Å². The van der Waals surface area contributed by atoms with E-state index < -0.39 is 17.6 Å². The Bertz CT molecular complexity index is 1080. The SMILES string of the molecule is CN1CC(NC(=O)c2ccc(C#N)cc2)CCCC(C(=O)NCc2cc(F)cc(F)c2)CC1=O. The van der Waals surface area contributed by atoms with Gasteiger partial charge in [-0.2, -0.15) is 5.26 Å². The number of carbonyl (C=O) groups is 3. The number of carbonyl (C=O) groups excluding carboxylic acids is 3. The Kier molecular flexibility index (Phi) is 8.30. The lowest BCUT2D eigenvalue weighted by molar-refractivity contribution is -0.135. The fourth-order valence-electron chi connectivity index (χ4n) is 3.96. The topological polar surface area (TPSA) is 102 Å². The summed E-state index contributed by atoms with van der Waals surface area (Å²) in [6, 6.07) is 11.0. The van der Waals surface area contributed by atoms with Crippen molar-refractivity contribution in [2.24, 2.45) is 5.92 Å². The number of rotatable bonds is 5. The summed E-state index contributed by atoms with van der Waals surface area (Å²) >= 11 is 0. The van der Waals surface area contributed by atoms with Crippen molar-refractivity contribution in [1.29, 1.82) is 5.26 Å². The third-order valence-electron chi connectivity index (χ3n) is 5.82. The van der Waals surface area contributed by atoms with Crippen LogP contribution in [0.3, 0.4) is 0 Å². The van der Waals surface area contributed by atoms with E-state index in [0.717, 1.165) is 18.2 Å². The third-order valence-corrected chi connectivity index (χ3v) is 5.82. The number of hydrogen-bond donors (Lipinski definition) is 2. The zero-order valence-corrected chi connectivity index (χ0v) is 18.8. The second-order valence-electron chi connectivity index (χ2n) is 8.46. The molecule has 1 aliphatic heterocycles. The molecule has 2 aromatic carbocycles. The number of likely N-dealkylation sites (N-methyl/N-ethyl adjacent to an activating group) is 1. The second-order valence-corrected chi connectivity index (χ2v) is 8.46. The monoisotopic (exact) mass is 468 g/mol. The molecule has 0 spiro atoms. The number of halogens is 2. The standard InChI is InChI=1S/C25H26F2N4O3/c1-31-15-22(30-25(34)18-7-5-16(13-28)6-8-18)4-2-3-19(11-23(31)32)24(33)29-14-17-9-20(26)12-21(27)10-17/h5-10,12,19,22H,2-4,11,14-15H2,1H3,(H,29,33)(H,30,34). The van der Waals surface area contributed by atoms with Gasteiger partial charge in [-0.1, -0.05) is 6.42 Å². The molecule has 0 saturated carbocycles. The van der Waals surface area contributed by atoms with E-state index in [-0.39, 0.29) is 36.7 Å². The number of amides is 3. The van der Waals surface area contributed by atoms with Gasteiger partial charge < -0.3 is 15.5 Å². The van der Waals surface area contributed by atoms with Gasteiger partial charge in [0.2, 0.25) is 11.8 Å². The summed E-state index contributed by atoms with van der Waals surface area (Å²) in [4.78, 5) is 39.5. The highest BCUT2D eigenvalue weighted by Crippen LogP contribution is 2.19. The highest BCUT2D eigenvalue weighted by atomic mass is 19.1. The maximum atomic E-state index is 13.4. The van der Waals surface area contributed by atoms with Gasteiger partial charge in [-0.3, -0.25) is 14.4 Å². The average molecular weight is 469 g/mol. The Balaban J connectivity index is 1.59. The lowest BCUT2D eigenvalue weighted by Gasteiger charge is -2.24. The van der Waals surface area contributed by atoms with Crippen LogP contribution in [-0.4, -0.2) is 42.3 Å². The summed E-state index contributed by atoms with van der Waals surface area (Å²) in [5.41, 5.74) is 1.16. The van der Waals surface area contributed by atoms with E-state index in [4.69, 9.17) is 5.26 Å². The molecule has 3 amide bonds. The van der Waals surface area contributed by atoms with Crippen molar-refractivity contribution < 1.29 is 23.2 Å². The smallest absolute Gasteiger partial charge is 0.251 e. The van der Waals surface area contributed by atoms with Gasteiger partial charge in [0.15, 0.2) is 0 Å². The molecule has 1 saturated heterocycles. The number of nitrogens with zero attached hydrogens (tertiary/aromatic N) is 2. The first-order chi connectivity index (χ1) is 16.2. The Labute approximate surface area is 196 Å². The molecule has 2 atom stereocenters. The molecule has 2 N–H and O–H groups in total. The van der Waals surface area contributed by atoms with Crippen LogP contribution >= 0.6 is 0 Å². The number of hydrogen-bond acceptors (Lipinski definition) is 4. The van der Waals surface area contributed by atoms with Crippen LogP contribution in [0.5, 0.6) is 0 Å². The predicted octanol–water partition coefficient (Wildman–Crippen LogP) is 2.90. The maximum Gasteiger partial charge on any atom is 0.251 e. The summed E-state index contributed by atoms with van der Waals surface area (Å²) in [6.07, 6.45) is 1.62. The van der Waals surface area contributed by atoms with E-state index >= 15 is 0 Å². The fourth-order valence-corrected chi connectivity index (χ4v) is 3.96. The van der Waals surface area contributed by atoms with Crippen molar-refractivity contribution in [3.63, 3.8) is 0 Å². The van der Waals surface area contributed by atoms with E-state index in [9.17, 15) is 23.2 Å². The van der Waals surface area contributed by atoms with Crippen LogP contribution in [0.25, 0.3) is 0 Å². The first-order valence-corrected chi connectivity index (χ1v) is 11.0.